The highest BCUT2D eigenvalue weighted by Crippen LogP contribution is 2.26. The zero-order valence-corrected chi connectivity index (χ0v) is 18.6. The van der Waals surface area contributed by atoms with Crippen molar-refractivity contribution < 1.29 is 19.1 Å². The third-order valence-electron chi connectivity index (χ3n) is 6.89. The number of carbonyl (C=O) groups excluding carboxylic acids is 3. The van der Waals surface area contributed by atoms with E-state index in [1.807, 2.05) is 7.05 Å². The summed E-state index contributed by atoms with van der Waals surface area (Å²) < 4.78 is 5.74. The summed E-state index contributed by atoms with van der Waals surface area (Å²) in [5.74, 6) is 0.173. The van der Waals surface area contributed by atoms with Gasteiger partial charge in [-0.3, -0.25) is 9.59 Å². The van der Waals surface area contributed by atoms with Gasteiger partial charge in [-0.25, -0.2) is 4.79 Å². The minimum absolute atomic E-state index is 0.0400. The van der Waals surface area contributed by atoms with E-state index in [4.69, 9.17) is 4.74 Å². The van der Waals surface area contributed by atoms with Crippen LogP contribution in [0.5, 0.6) is 0 Å². The van der Waals surface area contributed by atoms with Crippen LogP contribution in [0.3, 0.4) is 0 Å². The lowest BCUT2D eigenvalue weighted by Crippen LogP contribution is -2.40. The Bertz CT molecular complexity index is 565. The van der Waals surface area contributed by atoms with Crippen LogP contribution in [0.25, 0.3) is 0 Å². The van der Waals surface area contributed by atoms with Gasteiger partial charge in [-0.1, -0.05) is 44.9 Å². The quantitative estimate of drug-likeness (QED) is 0.740. The van der Waals surface area contributed by atoms with Crippen molar-refractivity contribution in [2.24, 2.45) is 0 Å². The standard InChI is InChI=1S/C23H39N3O4/c1-24-18-13-14-25(16-18)23(29)30-19-15-20-21(27)11-9-7-5-3-2-4-6-8-10-12-22(28)26(20)17-19/h18-20,24H,2-17H2,1H3. The van der Waals surface area contributed by atoms with E-state index in [2.05, 4.69) is 5.32 Å². The Balaban J connectivity index is 1.58. The molecular weight excluding hydrogens is 382 g/mol. The Hall–Kier alpha value is -1.63. The molecule has 3 atom stereocenters. The van der Waals surface area contributed by atoms with Gasteiger partial charge in [0.1, 0.15) is 6.10 Å². The van der Waals surface area contributed by atoms with Crippen LogP contribution >= 0.6 is 0 Å². The van der Waals surface area contributed by atoms with E-state index in [9.17, 15) is 14.4 Å². The van der Waals surface area contributed by atoms with E-state index in [1.165, 1.54) is 32.1 Å². The molecule has 0 aromatic rings. The number of nitrogens with zero attached hydrogens (tertiary/aromatic N) is 2. The average Bonchev–Trinajstić information content (AvgIpc) is 3.38. The second-order valence-electron chi connectivity index (χ2n) is 9.17. The molecule has 0 radical (unpaired) electrons. The van der Waals surface area contributed by atoms with Gasteiger partial charge in [0.15, 0.2) is 5.78 Å². The number of likely N-dealkylation sites (N-methyl/N-ethyl adjacent to an activating group) is 1. The minimum Gasteiger partial charge on any atom is -0.444 e. The van der Waals surface area contributed by atoms with Crippen molar-refractivity contribution >= 4 is 17.8 Å². The Labute approximate surface area is 180 Å². The SMILES string of the molecule is CNC1CCN(C(=O)OC2CC3C(=O)CCCCCCCCCCCC(=O)N3C2)C1. The molecule has 7 heteroatoms. The third-order valence-corrected chi connectivity index (χ3v) is 6.89. The summed E-state index contributed by atoms with van der Waals surface area (Å²) in [5.41, 5.74) is 0. The van der Waals surface area contributed by atoms with Crippen LogP contribution in [0.1, 0.15) is 83.5 Å². The highest BCUT2D eigenvalue weighted by Gasteiger charge is 2.41. The first-order valence-corrected chi connectivity index (χ1v) is 12.0. The number of carbonyl (C=O) groups is 3. The summed E-state index contributed by atoms with van der Waals surface area (Å²) in [6, 6.07) is -0.121. The lowest BCUT2D eigenvalue weighted by Gasteiger charge is -2.23. The largest absolute Gasteiger partial charge is 0.444 e. The molecule has 3 aliphatic rings. The number of hydrogen-bond acceptors (Lipinski definition) is 5. The van der Waals surface area contributed by atoms with Gasteiger partial charge >= 0.3 is 6.09 Å². The first-order valence-electron chi connectivity index (χ1n) is 12.0. The molecular formula is C23H39N3O4. The fourth-order valence-corrected chi connectivity index (χ4v) is 4.97. The smallest absolute Gasteiger partial charge is 0.410 e. The van der Waals surface area contributed by atoms with Crippen LogP contribution in [-0.4, -0.2) is 72.5 Å². The van der Waals surface area contributed by atoms with Gasteiger partial charge in [-0.2, -0.15) is 0 Å². The van der Waals surface area contributed by atoms with E-state index in [0.29, 0.717) is 44.9 Å². The van der Waals surface area contributed by atoms with Crippen LogP contribution < -0.4 is 5.32 Å². The molecule has 0 spiro atoms. The van der Waals surface area contributed by atoms with Gasteiger partial charge in [0.05, 0.1) is 12.6 Å². The van der Waals surface area contributed by atoms with Gasteiger partial charge in [-0.15, -0.1) is 0 Å². The lowest BCUT2D eigenvalue weighted by atomic mass is 10.0. The number of Topliss-reactive ketones (excluding diaryl/α,β-unsaturated/α-hetero) is 1. The molecule has 30 heavy (non-hydrogen) atoms. The number of nitrogens with one attached hydrogen (secondary N) is 1. The molecule has 3 rings (SSSR count). The number of hydrogen-bond donors (Lipinski definition) is 1. The van der Waals surface area contributed by atoms with Crippen molar-refractivity contribution in [2.75, 3.05) is 26.7 Å². The van der Waals surface area contributed by atoms with Gasteiger partial charge in [0.25, 0.3) is 0 Å². The molecule has 3 aliphatic heterocycles. The molecule has 0 bridgehead atoms. The fourth-order valence-electron chi connectivity index (χ4n) is 4.97. The molecule has 2 amide bonds. The summed E-state index contributed by atoms with van der Waals surface area (Å²) >= 11 is 0. The Kier molecular flexibility index (Phi) is 8.97. The van der Waals surface area contributed by atoms with Crippen LogP contribution in [0, 0.1) is 0 Å². The normalized spacial score (nSPS) is 30.0. The van der Waals surface area contributed by atoms with Crippen molar-refractivity contribution in [3.05, 3.63) is 0 Å². The van der Waals surface area contributed by atoms with Crippen molar-refractivity contribution in [1.82, 2.24) is 15.1 Å². The van der Waals surface area contributed by atoms with E-state index in [1.54, 1.807) is 9.80 Å². The molecule has 3 unspecified atom stereocenters. The van der Waals surface area contributed by atoms with E-state index in [0.717, 1.165) is 32.1 Å². The van der Waals surface area contributed by atoms with E-state index >= 15 is 0 Å². The predicted molar refractivity (Wildman–Crippen MR) is 115 cm³/mol. The molecule has 7 nitrogen and oxygen atoms in total. The first-order chi connectivity index (χ1) is 14.6. The second-order valence-corrected chi connectivity index (χ2v) is 9.17. The van der Waals surface area contributed by atoms with Crippen LogP contribution in [0.15, 0.2) is 0 Å². The van der Waals surface area contributed by atoms with Crippen LogP contribution in [0.2, 0.25) is 0 Å². The summed E-state index contributed by atoms with van der Waals surface area (Å²) in [7, 11) is 1.90. The molecule has 3 fully saturated rings. The Morgan fingerprint density at radius 3 is 2.20 bits per heavy atom. The Morgan fingerprint density at radius 1 is 0.933 bits per heavy atom. The molecule has 3 heterocycles. The van der Waals surface area contributed by atoms with E-state index in [-0.39, 0.29) is 23.9 Å². The monoisotopic (exact) mass is 421 g/mol. The van der Waals surface area contributed by atoms with E-state index < -0.39 is 6.04 Å². The van der Waals surface area contributed by atoms with Crippen LogP contribution in [-0.2, 0) is 14.3 Å². The second kappa shape index (κ2) is 11.7. The number of ether oxygens (including phenoxy) is 1. The van der Waals surface area contributed by atoms with Gasteiger partial charge < -0.3 is 19.9 Å². The molecule has 170 valence electrons. The molecule has 0 saturated carbocycles. The lowest BCUT2D eigenvalue weighted by molar-refractivity contribution is -0.137. The molecule has 1 N–H and O–H groups in total. The maximum Gasteiger partial charge on any atom is 0.410 e. The Morgan fingerprint density at radius 2 is 1.57 bits per heavy atom. The maximum atomic E-state index is 12.9. The molecule has 0 aliphatic carbocycles. The number of rotatable bonds is 2. The predicted octanol–water partition coefficient (Wildman–Crippen LogP) is 3.26. The zero-order chi connectivity index (χ0) is 21.3. The van der Waals surface area contributed by atoms with Crippen molar-refractivity contribution in [1.29, 1.82) is 0 Å². The van der Waals surface area contributed by atoms with Gasteiger partial charge in [0, 0.05) is 38.4 Å². The number of likely N-dealkylation sites (tertiary alicyclic amines) is 1. The summed E-state index contributed by atoms with van der Waals surface area (Å²) in [6.45, 7) is 1.68. The zero-order valence-electron chi connectivity index (χ0n) is 18.6. The number of ketones is 1. The minimum atomic E-state index is -0.427. The summed E-state index contributed by atoms with van der Waals surface area (Å²) in [5, 5.41) is 3.20. The fraction of sp³-hybridized carbons (Fsp3) is 0.870. The van der Waals surface area contributed by atoms with Crippen molar-refractivity contribution in [3.8, 4) is 0 Å². The van der Waals surface area contributed by atoms with Gasteiger partial charge in [-0.05, 0) is 26.3 Å². The summed E-state index contributed by atoms with van der Waals surface area (Å²) in [6.07, 6.45) is 11.7. The number of fused-ring (bicyclic) bond motifs is 1. The van der Waals surface area contributed by atoms with Gasteiger partial charge in [0.2, 0.25) is 5.91 Å². The number of amides is 2. The van der Waals surface area contributed by atoms with Crippen molar-refractivity contribution in [3.63, 3.8) is 0 Å². The van der Waals surface area contributed by atoms with Crippen LogP contribution in [0.4, 0.5) is 4.79 Å². The third kappa shape index (κ3) is 6.43. The van der Waals surface area contributed by atoms with Crippen molar-refractivity contribution in [2.45, 2.75) is 102 Å². The maximum absolute atomic E-state index is 12.9. The summed E-state index contributed by atoms with van der Waals surface area (Å²) in [4.78, 5) is 41.8. The molecule has 0 aromatic heterocycles. The molecule has 3 saturated heterocycles. The highest BCUT2D eigenvalue weighted by atomic mass is 16.6. The first kappa shape index (κ1) is 23.0. The topological polar surface area (TPSA) is 79.0 Å². The molecule has 0 aromatic carbocycles. The highest BCUT2D eigenvalue weighted by molar-refractivity contribution is 5.89. The average molecular weight is 422 g/mol.